The van der Waals surface area contributed by atoms with E-state index in [0.29, 0.717) is 11.5 Å². The Kier molecular flexibility index (Phi) is 3.98. The van der Waals surface area contributed by atoms with Crippen LogP contribution in [0.5, 0.6) is 0 Å². The average molecular weight is 269 g/mol. The summed E-state index contributed by atoms with van der Waals surface area (Å²) in [5.74, 6) is -1.19. The van der Waals surface area contributed by atoms with Crippen LogP contribution in [0, 0.1) is 5.92 Å². The second kappa shape index (κ2) is 5.49. The van der Waals surface area contributed by atoms with Crippen LogP contribution in [0.3, 0.4) is 0 Å². The van der Waals surface area contributed by atoms with E-state index in [-0.39, 0.29) is 11.8 Å². The van der Waals surface area contributed by atoms with E-state index in [0.717, 1.165) is 17.7 Å². The largest absolute Gasteiger partial charge is 0.480 e. The Morgan fingerprint density at radius 1 is 1.56 bits per heavy atom. The van der Waals surface area contributed by atoms with Crippen molar-refractivity contribution in [3.63, 3.8) is 0 Å². The smallest absolute Gasteiger partial charge is 0.326 e. The first-order valence-corrected chi connectivity index (χ1v) is 6.54. The molecule has 1 atom stereocenters. The zero-order chi connectivity index (χ0) is 13.1. The van der Waals surface area contributed by atoms with Gasteiger partial charge in [0.25, 0.3) is 5.91 Å². The summed E-state index contributed by atoms with van der Waals surface area (Å²) < 4.78 is 4.97. The molecule has 98 valence electrons. The molecule has 2 rings (SSSR count). The topological polar surface area (TPSA) is 75.6 Å². The van der Waals surface area contributed by atoms with Crippen molar-refractivity contribution < 1.29 is 19.4 Å². The molecule has 18 heavy (non-hydrogen) atoms. The van der Waals surface area contributed by atoms with Crippen molar-refractivity contribution in [3.8, 4) is 0 Å². The molecule has 5 nitrogen and oxygen atoms in total. The van der Waals surface area contributed by atoms with E-state index >= 15 is 0 Å². The Labute approximate surface area is 109 Å². The van der Waals surface area contributed by atoms with Crippen LogP contribution in [-0.4, -0.2) is 30.1 Å². The molecule has 0 unspecified atom stereocenters. The lowest BCUT2D eigenvalue weighted by Gasteiger charge is -2.12. The maximum Gasteiger partial charge on any atom is 0.326 e. The minimum absolute atomic E-state index is 0.0878. The number of hydrogen-bond donors (Lipinski definition) is 2. The van der Waals surface area contributed by atoms with Gasteiger partial charge in [-0.15, -0.1) is 11.3 Å². The number of carboxylic acids is 1. The normalized spacial score (nSPS) is 16.3. The summed E-state index contributed by atoms with van der Waals surface area (Å²) in [6.45, 7) is 0.461. The molecule has 1 aliphatic rings. The molecule has 6 heteroatoms. The van der Waals surface area contributed by atoms with Gasteiger partial charge in [-0.3, -0.25) is 4.79 Å². The van der Waals surface area contributed by atoms with Gasteiger partial charge in [0.1, 0.15) is 6.04 Å². The zero-order valence-electron chi connectivity index (χ0n) is 10.0. The van der Waals surface area contributed by atoms with E-state index in [1.165, 1.54) is 11.3 Å². The van der Waals surface area contributed by atoms with Gasteiger partial charge in [0.05, 0.1) is 11.5 Å². The Hall–Kier alpha value is -1.40. The Morgan fingerprint density at radius 2 is 2.28 bits per heavy atom. The number of aliphatic carboxylic acids is 1. The molecule has 0 aliphatic heterocycles. The van der Waals surface area contributed by atoms with Crippen LogP contribution in [0.15, 0.2) is 12.1 Å². The Bertz CT molecular complexity index is 453. The molecule has 1 amide bonds. The van der Waals surface area contributed by atoms with Gasteiger partial charge in [0.2, 0.25) is 0 Å². The van der Waals surface area contributed by atoms with E-state index in [2.05, 4.69) is 5.32 Å². The molecular weight excluding hydrogens is 254 g/mol. The number of nitrogens with one attached hydrogen (secondary N) is 1. The molecule has 2 N–H and O–H groups in total. The number of carboxylic acid groups (broad SMARTS) is 1. The molecule has 1 fully saturated rings. The van der Waals surface area contributed by atoms with Crippen LogP contribution in [0.2, 0.25) is 0 Å². The van der Waals surface area contributed by atoms with Crippen LogP contribution in [0.25, 0.3) is 0 Å². The summed E-state index contributed by atoms with van der Waals surface area (Å²) in [7, 11) is 1.59. The zero-order valence-corrected chi connectivity index (χ0v) is 10.8. The van der Waals surface area contributed by atoms with Crippen LogP contribution in [0.1, 0.15) is 27.4 Å². The highest BCUT2D eigenvalue weighted by molar-refractivity contribution is 7.14. The molecule has 1 saturated carbocycles. The van der Waals surface area contributed by atoms with E-state index in [1.807, 2.05) is 6.07 Å². The quantitative estimate of drug-likeness (QED) is 0.820. The van der Waals surface area contributed by atoms with Gasteiger partial charge >= 0.3 is 5.97 Å². The van der Waals surface area contributed by atoms with Crippen LogP contribution >= 0.6 is 11.3 Å². The summed E-state index contributed by atoms with van der Waals surface area (Å²) in [5, 5.41) is 11.6. The van der Waals surface area contributed by atoms with Gasteiger partial charge in [-0.25, -0.2) is 4.79 Å². The number of carbonyl (C=O) groups excluding carboxylic acids is 1. The van der Waals surface area contributed by atoms with Crippen molar-refractivity contribution in [2.24, 2.45) is 5.92 Å². The number of amides is 1. The van der Waals surface area contributed by atoms with Crippen LogP contribution in [-0.2, 0) is 16.1 Å². The third-order valence-electron chi connectivity index (χ3n) is 2.82. The van der Waals surface area contributed by atoms with E-state index in [1.54, 1.807) is 13.2 Å². The molecule has 0 bridgehead atoms. The summed E-state index contributed by atoms with van der Waals surface area (Å²) in [6.07, 6.45) is 1.74. The second-order valence-corrected chi connectivity index (χ2v) is 5.49. The summed E-state index contributed by atoms with van der Waals surface area (Å²) in [4.78, 5) is 24.4. The molecule has 1 aromatic heterocycles. The van der Waals surface area contributed by atoms with Crippen LogP contribution in [0.4, 0.5) is 0 Å². The highest BCUT2D eigenvalue weighted by Crippen LogP contribution is 2.33. The number of methoxy groups -OCH3 is 1. The summed E-state index contributed by atoms with van der Waals surface area (Å²) >= 11 is 1.32. The third-order valence-corrected chi connectivity index (χ3v) is 3.88. The molecule has 1 aromatic rings. The van der Waals surface area contributed by atoms with Gasteiger partial charge < -0.3 is 15.2 Å². The van der Waals surface area contributed by atoms with Gasteiger partial charge in [0, 0.05) is 12.0 Å². The SMILES string of the molecule is COCc1ccc(C(=O)N[C@H](C(=O)O)C2CC2)s1. The molecular formula is C12H15NO4S. The lowest BCUT2D eigenvalue weighted by molar-refractivity contribution is -0.139. The van der Waals surface area contributed by atoms with Crippen molar-refractivity contribution in [2.75, 3.05) is 7.11 Å². The first-order valence-electron chi connectivity index (χ1n) is 5.73. The molecule has 0 spiro atoms. The third kappa shape index (κ3) is 3.08. The van der Waals surface area contributed by atoms with E-state index in [4.69, 9.17) is 9.84 Å². The number of ether oxygens (including phenoxy) is 1. The standard InChI is InChI=1S/C12H15NO4S/c1-17-6-8-4-5-9(18-8)11(14)13-10(12(15)16)7-2-3-7/h4-5,7,10H,2-3,6H2,1H3,(H,13,14)(H,15,16)/t10-/m0/s1. The lowest BCUT2D eigenvalue weighted by atomic mass is 10.2. The lowest BCUT2D eigenvalue weighted by Crippen LogP contribution is -2.42. The number of hydrogen-bond acceptors (Lipinski definition) is 4. The Morgan fingerprint density at radius 3 is 2.83 bits per heavy atom. The van der Waals surface area contributed by atoms with E-state index < -0.39 is 12.0 Å². The van der Waals surface area contributed by atoms with Gasteiger partial charge in [-0.05, 0) is 30.9 Å². The number of carbonyl (C=O) groups is 2. The first kappa shape index (κ1) is 13.0. The molecule has 0 saturated heterocycles. The Balaban J connectivity index is 1.99. The molecule has 1 heterocycles. The minimum atomic E-state index is -0.959. The average Bonchev–Trinajstić information content (AvgIpc) is 3.05. The van der Waals surface area contributed by atoms with Crippen molar-refractivity contribution >= 4 is 23.2 Å². The summed E-state index contributed by atoms with van der Waals surface area (Å²) in [6, 6.07) is 2.75. The minimum Gasteiger partial charge on any atom is -0.480 e. The van der Waals surface area contributed by atoms with Crippen molar-refractivity contribution in [1.29, 1.82) is 0 Å². The molecule has 0 radical (unpaired) electrons. The van der Waals surface area contributed by atoms with Crippen molar-refractivity contribution in [3.05, 3.63) is 21.9 Å². The maximum atomic E-state index is 11.9. The van der Waals surface area contributed by atoms with Gasteiger partial charge in [0.15, 0.2) is 0 Å². The van der Waals surface area contributed by atoms with Crippen LogP contribution < -0.4 is 5.32 Å². The fourth-order valence-electron chi connectivity index (χ4n) is 1.74. The monoisotopic (exact) mass is 269 g/mol. The van der Waals surface area contributed by atoms with Crippen molar-refractivity contribution in [1.82, 2.24) is 5.32 Å². The fourth-order valence-corrected chi connectivity index (χ4v) is 2.63. The highest BCUT2D eigenvalue weighted by atomic mass is 32.1. The maximum absolute atomic E-state index is 11.9. The highest BCUT2D eigenvalue weighted by Gasteiger charge is 2.37. The molecule has 1 aliphatic carbocycles. The van der Waals surface area contributed by atoms with Crippen molar-refractivity contribution in [2.45, 2.75) is 25.5 Å². The first-order chi connectivity index (χ1) is 8.61. The fraction of sp³-hybridized carbons (Fsp3) is 0.500. The second-order valence-electron chi connectivity index (χ2n) is 4.33. The predicted molar refractivity (Wildman–Crippen MR) is 66.6 cm³/mol. The predicted octanol–water partition coefficient (Wildman–Crippen LogP) is 1.49. The summed E-state index contributed by atoms with van der Waals surface area (Å²) in [5.41, 5.74) is 0. The van der Waals surface area contributed by atoms with E-state index in [9.17, 15) is 9.59 Å². The van der Waals surface area contributed by atoms with Gasteiger partial charge in [-0.1, -0.05) is 0 Å². The number of thiophene rings is 1. The number of rotatable bonds is 6. The van der Waals surface area contributed by atoms with Gasteiger partial charge in [-0.2, -0.15) is 0 Å². The molecule has 0 aromatic carbocycles.